The number of aliphatic carboxylic acids is 1. The average Bonchev–Trinajstić information content (AvgIpc) is 1.83. The first-order valence-corrected chi connectivity index (χ1v) is 2.78. The van der Waals surface area contributed by atoms with E-state index in [1.165, 1.54) is 0 Å². The summed E-state index contributed by atoms with van der Waals surface area (Å²) in [6, 6.07) is 0. The zero-order valence-corrected chi connectivity index (χ0v) is 5.37. The summed E-state index contributed by atoms with van der Waals surface area (Å²) in [5.41, 5.74) is 5.21. The van der Waals surface area contributed by atoms with Crippen LogP contribution < -0.4 is 5.73 Å². The molecule has 3 heteroatoms. The van der Waals surface area contributed by atoms with Gasteiger partial charge in [-0.2, -0.15) is 0 Å². The lowest BCUT2D eigenvalue weighted by atomic mass is 10.2. The number of carboxylic acid groups (broad SMARTS) is 1. The number of rotatable bonds is 3. The Kier molecular flexibility index (Phi) is 3.71. The quantitative estimate of drug-likeness (QED) is 0.536. The van der Waals surface area contributed by atoms with E-state index in [0.717, 1.165) is 6.08 Å². The Morgan fingerprint density at radius 2 is 2.44 bits per heavy atom. The number of carboxylic acids is 1. The summed E-state index contributed by atoms with van der Waals surface area (Å²) in [5, 5.41) is 8.13. The molecule has 0 bridgehead atoms. The molecule has 0 heterocycles. The highest BCUT2D eigenvalue weighted by Crippen LogP contribution is 1.91. The van der Waals surface area contributed by atoms with Gasteiger partial charge in [-0.3, -0.25) is 0 Å². The highest BCUT2D eigenvalue weighted by molar-refractivity contribution is 5.79. The maximum Gasteiger partial charge on any atom is 0.327 e. The number of hydrogen-bond donors (Lipinski definition) is 2. The second-order valence-corrected chi connectivity index (χ2v) is 1.91. The van der Waals surface area contributed by atoms with Crippen molar-refractivity contribution in [2.24, 2.45) is 11.7 Å². The van der Waals surface area contributed by atoms with E-state index in [2.05, 4.69) is 0 Å². The summed E-state index contributed by atoms with van der Waals surface area (Å²) in [5.74, 6) is -0.767. The predicted molar refractivity (Wildman–Crippen MR) is 35.0 cm³/mol. The van der Waals surface area contributed by atoms with E-state index in [1.54, 1.807) is 6.08 Å². The van der Waals surface area contributed by atoms with Crippen LogP contribution in [0.15, 0.2) is 12.2 Å². The predicted octanol–water partition coefficient (Wildman–Crippen LogP) is 0.222. The Bertz CT molecular complexity index is 120. The molecule has 3 N–H and O–H groups in total. The van der Waals surface area contributed by atoms with Gasteiger partial charge in [-0.15, -0.1) is 0 Å². The smallest absolute Gasteiger partial charge is 0.327 e. The zero-order valence-electron chi connectivity index (χ0n) is 5.37. The Balaban J connectivity index is 3.56. The zero-order chi connectivity index (χ0) is 7.28. The molecule has 1 atom stereocenters. The van der Waals surface area contributed by atoms with Crippen LogP contribution in [-0.2, 0) is 4.79 Å². The van der Waals surface area contributed by atoms with Crippen molar-refractivity contribution < 1.29 is 9.90 Å². The van der Waals surface area contributed by atoms with E-state index < -0.39 is 5.97 Å². The Hall–Kier alpha value is -0.830. The summed E-state index contributed by atoms with van der Waals surface area (Å²) in [6.07, 6.45) is 2.68. The molecule has 0 aromatic heterocycles. The van der Waals surface area contributed by atoms with Crippen LogP contribution in [0, 0.1) is 5.92 Å². The van der Waals surface area contributed by atoms with Crippen molar-refractivity contribution in [1.82, 2.24) is 0 Å². The number of hydrogen-bond acceptors (Lipinski definition) is 2. The van der Waals surface area contributed by atoms with E-state index in [-0.39, 0.29) is 5.92 Å². The van der Waals surface area contributed by atoms with Crippen LogP contribution in [0.25, 0.3) is 0 Å². The van der Waals surface area contributed by atoms with Crippen molar-refractivity contribution in [3.05, 3.63) is 12.2 Å². The minimum atomic E-state index is -0.921. The van der Waals surface area contributed by atoms with Crippen molar-refractivity contribution in [3.8, 4) is 0 Å². The van der Waals surface area contributed by atoms with Gasteiger partial charge in [-0.25, -0.2) is 4.79 Å². The molecule has 0 aromatic carbocycles. The molecule has 9 heavy (non-hydrogen) atoms. The molecule has 52 valence electrons. The van der Waals surface area contributed by atoms with Gasteiger partial charge in [-0.05, 0) is 12.5 Å². The molecular weight excluding hydrogens is 118 g/mol. The lowest BCUT2D eigenvalue weighted by Gasteiger charge is -1.96. The van der Waals surface area contributed by atoms with Gasteiger partial charge in [0.15, 0.2) is 0 Å². The molecule has 0 saturated carbocycles. The van der Waals surface area contributed by atoms with Crippen molar-refractivity contribution >= 4 is 5.97 Å². The molecule has 0 saturated heterocycles. The van der Waals surface area contributed by atoms with Crippen molar-refractivity contribution in [2.75, 3.05) is 6.54 Å². The van der Waals surface area contributed by atoms with Crippen LogP contribution in [-0.4, -0.2) is 17.6 Å². The van der Waals surface area contributed by atoms with E-state index in [0.29, 0.717) is 6.54 Å². The van der Waals surface area contributed by atoms with Gasteiger partial charge < -0.3 is 10.8 Å². The fourth-order valence-electron chi connectivity index (χ4n) is 0.325. The molecule has 0 aliphatic heterocycles. The van der Waals surface area contributed by atoms with Crippen LogP contribution in [0.2, 0.25) is 0 Å². The molecular formula is C6H11NO2. The molecule has 0 spiro atoms. The Morgan fingerprint density at radius 1 is 1.89 bits per heavy atom. The first kappa shape index (κ1) is 8.17. The first-order valence-electron chi connectivity index (χ1n) is 2.78. The SMILES string of the molecule is CC(/C=C\C(=O)O)CN. The molecule has 0 aromatic rings. The van der Waals surface area contributed by atoms with Gasteiger partial charge in [0.25, 0.3) is 0 Å². The molecule has 0 aliphatic carbocycles. The van der Waals surface area contributed by atoms with E-state index in [9.17, 15) is 4.79 Å². The minimum absolute atomic E-state index is 0.154. The topological polar surface area (TPSA) is 63.3 Å². The van der Waals surface area contributed by atoms with Crippen molar-refractivity contribution in [2.45, 2.75) is 6.92 Å². The normalized spacial score (nSPS) is 14.0. The third-order valence-corrected chi connectivity index (χ3v) is 0.939. The van der Waals surface area contributed by atoms with Crippen LogP contribution in [0.4, 0.5) is 0 Å². The van der Waals surface area contributed by atoms with Crippen LogP contribution >= 0.6 is 0 Å². The van der Waals surface area contributed by atoms with E-state index in [4.69, 9.17) is 10.8 Å². The summed E-state index contributed by atoms with van der Waals surface area (Å²) in [4.78, 5) is 9.89. The van der Waals surface area contributed by atoms with Gasteiger partial charge in [0.05, 0.1) is 0 Å². The third kappa shape index (κ3) is 5.03. The third-order valence-electron chi connectivity index (χ3n) is 0.939. The highest BCUT2D eigenvalue weighted by atomic mass is 16.4. The first-order chi connectivity index (χ1) is 4.16. The monoisotopic (exact) mass is 129 g/mol. The summed E-state index contributed by atoms with van der Waals surface area (Å²) in [6.45, 7) is 2.35. The largest absolute Gasteiger partial charge is 0.478 e. The second kappa shape index (κ2) is 4.09. The van der Waals surface area contributed by atoms with Gasteiger partial charge in [0, 0.05) is 6.08 Å². The molecule has 1 unspecified atom stereocenters. The van der Waals surface area contributed by atoms with Crippen molar-refractivity contribution in [1.29, 1.82) is 0 Å². The summed E-state index contributed by atoms with van der Waals surface area (Å²) >= 11 is 0. The average molecular weight is 129 g/mol. The van der Waals surface area contributed by atoms with Crippen LogP contribution in [0.3, 0.4) is 0 Å². The standard InChI is InChI=1S/C6H11NO2/c1-5(4-7)2-3-6(8)9/h2-3,5H,4,7H2,1H3,(H,8,9)/b3-2-. The second-order valence-electron chi connectivity index (χ2n) is 1.91. The molecule has 0 amide bonds. The molecule has 0 radical (unpaired) electrons. The summed E-state index contributed by atoms with van der Waals surface area (Å²) < 4.78 is 0. The highest BCUT2D eigenvalue weighted by Gasteiger charge is 1.91. The van der Waals surface area contributed by atoms with Gasteiger partial charge >= 0.3 is 5.97 Å². The minimum Gasteiger partial charge on any atom is -0.478 e. The Labute approximate surface area is 54.2 Å². The molecule has 0 aliphatic rings. The van der Waals surface area contributed by atoms with Crippen LogP contribution in [0.5, 0.6) is 0 Å². The fourth-order valence-corrected chi connectivity index (χ4v) is 0.325. The maximum atomic E-state index is 9.89. The van der Waals surface area contributed by atoms with Gasteiger partial charge in [-0.1, -0.05) is 13.0 Å². The van der Waals surface area contributed by atoms with Gasteiger partial charge in [0.2, 0.25) is 0 Å². The lowest BCUT2D eigenvalue weighted by molar-refractivity contribution is -0.131. The van der Waals surface area contributed by atoms with Crippen molar-refractivity contribution in [3.63, 3.8) is 0 Å². The lowest BCUT2D eigenvalue weighted by Crippen LogP contribution is -2.08. The maximum absolute atomic E-state index is 9.89. The number of carbonyl (C=O) groups is 1. The fraction of sp³-hybridized carbons (Fsp3) is 0.500. The molecule has 0 rings (SSSR count). The number of nitrogens with two attached hydrogens (primary N) is 1. The van der Waals surface area contributed by atoms with E-state index >= 15 is 0 Å². The molecule has 3 nitrogen and oxygen atoms in total. The van der Waals surface area contributed by atoms with E-state index in [1.807, 2.05) is 6.92 Å². The summed E-state index contributed by atoms with van der Waals surface area (Å²) in [7, 11) is 0. The molecule has 0 fully saturated rings. The Morgan fingerprint density at radius 3 is 2.78 bits per heavy atom. The van der Waals surface area contributed by atoms with Crippen LogP contribution in [0.1, 0.15) is 6.92 Å². The van der Waals surface area contributed by atoms with Gasteiger partial charge in [0.1, 0.15) is 0 Å².